The molecule has 0 spiro atoms. The lowest BCUT2D eigenvalue weighted by Crippen LogP contribution is -2.36. The van der Waals surface area contributed by atoms with Crippen LogP contribution in [0, 0.1) is 4.91 Å². The third-order valence-electron chi connectivity index (χ3n) is 4.55. The molecule has 11 heteroatoms. The Morgan fingerprint density at radius 2 is 1.91 bits per heavy atom. The number of pyridine rings is 1. The zero-order valence-electron chi connectivity index (χ0n) is 17.3. The second kappa shape index (κ2) is 10.3. The number of hydrazine groups is 2. The molecule has 0 saturated heterocycles. The highest BCUT2D eigenvalue weighted by atomic mass is 16.3. The molecule has 2 aromatic heterocycles. The largest absolute Gasteiger partial charge is 0.301 e. The van der Waals surface area contributed by atoms with Crippen LogP contribution in [0.2, 0.25) is 0 Å². The van der Waals surface area contributed by atoms with Gasteiger partial charge in [-0.25, -0.2) is 15.9 Å². The molecule has 0 radical (unpaired) electrons. The number of nitroso groups, excluding NO2 is 1. The highest BCUT2D eigenvalue weighted by Crippen LogP contribution is 2.23. The molecule has 3 aromatic rings. The topological polar surface area (TPSA) is 153 Å². The molecule has 0 fully saturated rings. The van der Waals surface area contributed by atoms with Crippen LogP contribution in [0.5, 0.6) is 0 Å². The highest BCUT2D eigenvalue weighted by Gasteiger charge is 2.12. The lowest BCUT2D eigenvalue weighted by molar-refractivity contribution is -0.119. The van der Waals surface area contributed by atoms with Gasteiger partial charge in [-0.2, -0.15) is 5.10 Å². The Morgan fingerprint density at radius 3 is 2.56 bits per heavy atom. The van der Waals surface area contributed by atoms with E-state index < -0.39 is 11.8 Å². The molecule has 0 bridgehead atoms. The normalized spacial score (nSPS) is 11.1. The van der Waals surface area contributed by atoms with Gasteiger partial charge >= 0.3 is 5.91 Å². The van der Waals surface area contributed by atoms with E-state index in [1.54, 1.807) is 53.6 Å². The molecule has 164 valence electrons. The average molecular weight is 434 g/mol. The Kier molecular flexibility index (Phi) is 7.29. The number of aryl methyl sites for hydroxylation is 1. The number of hydrogen-bond donors (Lipinski definition) is 2. The van der Waals surface area contributed by atoms with Gasteiger partial charge in [0.25, 0.3) is 5.91 Å². The van der Waals surface area contributed by atoms with Crippen molar-refractivity contribution in [1.29, 1.82) is 0 Å². The van der Waals surface area contributed by atoms with Crippen LogP contribution < -0.4 is 16.7 Å². The van der Waals surface area contributed by atoms with Crippen LogP contribution in [-0.2, 0) is 23.2 Å². The fraction of sp³-hybridized carbons (Fsp3) is 0.143. The molecule has 2 amide bonds. The van der Waals surface area contributed by atoms with Crippen LogP contribution in [-0.4, -0.2) is 38.1 Å². The molecule has 11 nitrogen and oxygen atoms in total. The Bertz CT molecular complexity index is 1140. The van der Waals surface area contributed by atoms with Gasteiger partial charge in [-0.15, -0.1) is 4.91 Å². The van der Waals surface area contributed by atoms with Crippen molar-refractivity contribution in [3.63, 3.8) is 0 Å². The van der Waals surface area contributed by atoms with Gasteiger partial charge in [0.1, 0.15) is 0 Å². The standard InChI is InChI=1S/C21H22N8O3/c1-27-13-17(11-25-27)19-8-9-24-10-16(19)4-7-21(31)29(23)18-5-2-15(3-6-18)12-28(22)14-20(30)26-32/h2-11,13H,12,14,22-23H2,1H3/b7-4+. The maximum absolute atomic E-state index is 12.6. The predicted octanol–water partition coefficient (Wildman–Crippen LogP) is 1.37. The van der Waals surface area contributed by atoms with Gasteiger partial charge in [0.2, 0.25) is 0 Å². The first kappa shape index (κ1) is 22.6. The second-order valence-electron chi connectivity index (χ2n) is 6.96. The summed E-state index contributed by atoms with van der Waals surface area (Å²) < 4.78 is 1.70. The average Bonchev–Trinajstić information content (AvgIpc) is 3.23. The summed E-state index contributed by atoms with van der Waals surface area (Å²) in [6, 6.07) is 8.58. The fourth-order valence-electron chi connectivity index (χ4n) is 2.99. The van der Waals surface area contributed by atoms with Gasteiger partial charge in [0, 0.05) is 54.6 Å². The van der Waals surface area contributed by atoms with Crippen molar-refractivity contribution in [3.8, 4) is 11.1 Å². The van der Waals surface area contributed by atoms with Crippen molar-refractivity contribution in [2.24, 2.45) is 23.9 Å². The van der Waals surface area contributed by atoms with Crippen molar-refractivity contribution in [2.45, 2.75) is 6.54 Å². The number of anilines is 1. The molecule has 2 heterocycles. The van der Waals surface area contributed by atoms with Crippen molar-refractivity contribution in [2.75, 3.05) is 11.6 Å². The van der Waals surface area contributed by atoms with Gasteiger partial charge in [0.05, 0.1) is 18.4 Å². The Balaban J connectivity index is 1.67. The molecule has 0 saturated carbocycles. The maximum atomic E-state index is 12.6. The van der Waals surface area contributed by atoms with E-state index in [0.29, 0.717) is 5.69 Å². The van der Waals surface area contributed by atoms with E-state index in [2.05, 4.69) is 15.3 Å². The number of carbonyl (C=O) groups excluding carboxylic acids is 2. The van der Waals surface area contributed by atoms with Crippen LogP contribution in [0.15, 0.2) is 66.4 Å². The lowest BCUT2D eigenvalue weighted by atomic mass is 10.0. The van der Waals surface area contributed by atoms with Crippen molar-refractivity contribution >= 4 is 23.6 Å². The summed E-state index contributed by atoms with van der Waals surface area (Å²) in [7, 11) is 1.83. The minimum absolute atomic E-state index is 0.220. The minimum Gasteiger partial charge on any atom is -0.275 e. The quantitative estimate of drug-likeness (QED) is 0.177. The lowest BCUT2D eigenvalue weighted by Gasteiger charge is -2.17. The first-order valence-corrected chi connectivity index (χ1v) is 9.52. The zero-order valence-corrected chi connectivity index (χ0v) is 17.3. The van der Waals surface area contributed by atoms with E-state index in [1.807, 2.05) is 19.3 Å². The van der Waals surface area contributed by atoms with Gasteiger partial charge in [-0.05, 0) is 35.4 Å². The molecule has 32 heavy (non-hydrogen) atoms. The van der Waals surface area contributed by atoms with E-state index in [0.717, 1.165) is 27.3 Å². The van der Waals surface area contributed by atoms with Crippen molar-refractivity contribution < 1.29 is 9.59 Å². The van der Waals surface area contributed by atoms with E-state index >= 15 is 0 Å². The summed E-state index contributed by atoms with van der Waals surface area (Å²) in [6.45, 7) is -0.0645. The number of rotatable bonds is 8. The summed E-state index contributed by atoms with van der Waals surface area (Å²) in [5, 5.41) is 8.66. The smallest absolute Gasteiger partial charge is 0.275 e. The summed E-state index contributed by atoms with van der Waals surface area (Å²) in [5.41, 5.74) is 3.78. The number of benzene rings is 1. The number of amides is 2. The Morgan fingerprint density at radius 1 is 1.16 bits per heavy atom. The van der Waals surface area contributed by atoms with Crippen molar-refractivity contribution in [1.82, 2.24) is 19.8 Å². The van der Waals surface area contributed by atoms with Gasteiger partial charge < -0.3 is 0 Å². The van der Waals surface area contributed by atoms with E-state index in [9.17, 15) is 14.5 Å². The number of hydrogen-bond acceptors (Lipinski definition) is 8. The second-order valence-corrected chi connectivity index (χ2v) is 6.96. The van der Waals surface area contributed by atoms with Crippen LogP contribution in [0.3, 0.4) is 0 Å². The van der Waals surface area contributed by atoms with Crippen LogP contribution in [0.1, 0.15) is 11.1 Å². The zero-order chi connectivity index (χ0) is 23.1. The monoisotopic (exact) mass is 434 g/mol. The fourth-order valence-corrected chi connectivity index (χ4v) is 2.99. The van der Waals surface area contributed by atoms with E-state index in [-0.39, 0.29) is 13.1 Å². The molecule has 3 rings (SSSR count). The van der Waals surface area contributed by atoms with Crippen LogP contribution in [0.4, 0.5) is 5.69 Å². The Labute approximate surface area is 183 Å². The highest BCUT2D eigenvalue weighted by molar-refractivity contribution is 6.03. The van der Waals surface area contributed by atoms with Crippen LogP contribution >= 0.6 is 0 Å². The summed E-state index contributed by atoms with van der Waals surface area (Å²) in [5.74, 6) is 10.4. The third-order valence-corrected chi connectivity index (χ3v) is 4.55. The Hall–Kier alpha value is -4.06. The van der Waals surface area contributed by atoms with E-state index in [1.165, 1.54) is 11.1 Å². The van der Waals surface area contributed by atoms with Gasteiger partial charge in [-0.1, -0.05) is 12.1 Å². The predicted molar refractivity (Wildman–Crippen MR) is 119 cm³/mol. The molecular weight excluding hydrogens is 412 g/mol. The van der Waals surface area contributed by atoms with Crippen LogP contribution in [0.25, 0.3) is 17.2 Å². The number of aromatic nitrogens is 3. The summed E-state index contributed by atoms with van der Waals surface area (Å²) >= 11 is 0. The molecular formula is C21H22N8O3. The molecule has 0 atom stereocenters. The first-order valence-electron chi connectivity index (χ1n) is 9.52. The molecule has 0 aliphatic rings. The number of nitrogens with two attached hydrogens (primary N) is 2. The first-order chi connectivity index (χ1) is 15.4. The van der Waals surface area contributed by atoms with E-state index in [4.69, 9.17) is 11.7 Å². The maximum Gasteiger partial charge on any atom is 0.301 e. The molecule has 1 aromatic carbocycles. The van der Waals surface area contributed by atoms with Gasteiger partial charge in [-0.3, -0.25) is 25.1 Å². The summed E-state index contributed by atoms with van der Waals surface area (Å²) in [4.78, 5) is 37.9. The number of nitrogens with zero attached hydrogens (tertiary/aromatic N) is 6. The number of carbonyl (C=O) groups is 2. The van der Waals surface area contributed by atoms with Gasteiger partial charge in [0.15, 0.2) is 0 Å². The summed E-state index contributed by atoms with van der Waals surface area (Å²) in [6.07, 6.45) is 9.95. The molecule has 0 aliphatic carbocycles. The van der Waals surface area contributed by atoms with Crippen molar-refractivity contribution in [3.05, 3.63) is 77.2 Å². The minimum atomic E-state index is -0.852. The molecule has 4 N–H and O–H groups in total. The molecule has 0 aliphatic heterocycles. The third kappa shape index (κ3) is 5.76. The molecule has 0 unspecified atom stereocenters. The SMILES string of the molecule is Cn1cc(-c2ccncc2/C=C/C(=O)N(N)c2ccc(CN(N)CC(=O)N=O)cc2)cn1.